The number of hydrogen-bond acceptors (Lipinski definition) is 11. The Morgan fingerprint density at radius 1 is 0.952 bits per heavy atom. The van der Waals surface area contributed by atoms with Crippen LogP contribution in [-0.2, 0) is 42.8 Å². The number of hydrogen-bond donors (Lipinski definition) is 2. The highest BCUT2D eigenvalue weighted by Crippen LogP contribution is 2.51. The Bertz CT molecular complexity index is 1000. The zero-order valence-electron chi connectivity index (χ0n) is 27.0. The lowest BCUT2D eigenvalue weighted by molar-refractivity contribution is -0.298. The van der Waals surface area contributed by atoms with Crippen LogP contribution in [0.2, 0.25) is 0 Å². The largest absolute Gasteiger partial charge is 0.458 e. The quantitative estimate of drug-likeness (QED) is 0.449. The number of ketones is 1. The smallest absolute Gasteiger partial charge is 0.311 e. The van der Waals surface area contributed by atoms with Crippen molar-refractivity contribution in [3.05, 3.63) is 0 Å². The van der Waals surface area contributed by atoms with Crippen molar-refractivity contribution in [3.8, 4) is 0 Å². The van der Waals surface area contributed by atoms with Gasteiger partial charge in [-0.25, -0.2) is 0 Å². The second kappa shape index (κ2) is 12.8. The summed E-state index contributed by atoms with van der Waals surface area (Å²) in [4.78, 5) is 38.7. The fourth-order valence-electron chi connectivity index (χ4n) is 7.23. The molecule has 1 aliphatic carbocycles. The van der Waals surface area contributed by atoms with E-state index in [1.54, 1.807) is 41.7 Å². The van der Waals surface area contributed by atoms with Crippen LogP contribution in [0.1, 0.15) is 81.6 Å². The third-order valence-electron chi connectivity index (χ3n) is 10.1. The zero-order chi connectivity index (χ0) is 31.9. The Balaban J connectivity index is 1.95. The Morgan fingerprint density at radius 2 is 1.57 bits per heavy atom. The van der Waals surface area contributed by atoms with Gasteiger partial charge in [-0.15, -0.1) is 0 Å². The molecule has 2 N–H and O–H groups in total. The molecular formula is C31H52O11. The van der Waals surface area contributed by atoms with E-state index >= 15 is 0 Å². The Morgan fingerprint density at radius 3 is 2.12 bits per heavy atom. The minimum atomic E-state index is -1.73. The molecule has 2 heterocycles. The van der Waals surface area contributed by atoms with Gasteiger partial charge in [0.15, 0.2) is 12.4 Å². The molecule has 0 spiro atoms. The number of rotatable bonds is 5. The summed E-state index contributed by atoms with van der Waals surface area (Å²) in [5, 5.41) is 22.4. The summed E-state index contributed by atoms with van der Waals surface area (Å²) in [6, 6.07) is 0. The molecule has 0 aromatic heterocycles. The maximum atomic E-state index is 13.5. The molecule has 0 bridgehead atoms. The molecule has 0 amide bonds. The highest BCUT2D eigenvalue weighted by Gasteiger charge is 2.70. The first kappa shape index (κ1) is 34.9. The van der Waals surface area contributed by atoms with E-state index in [4.69, 9.17) is 28.4 Å². The van der Waals surface area contributed by atoms with E-state index in [1.165, 1.54) is 14.0 Å². The summed E-state index contributed by atoms with van der Waals surface area (Å²) in [5.41, 5.74) is -3.40. The fourth-order valence-corrected chi connectivity index (χ4v) is 7.23. The van der Waals surface area contributed by atoms with Crippen LogP contribution in [-0.4, -0.2) is 95.8 Å². The minimum Gasteiger partial charge on any atom is -0.458 e. The van der Waals surface area contributed by atoms with E-state index in [-0.39, 0.29) is 18.1 Å². The van der Waals surface area contributed by atoms with Crippen molar-refractivity contribution in [2.75, 3.05) is 14.2 Å². The molecule has 1 unspecified atom stereocenters. The first-order chi connectivity index (χ1) is 19.3. The van der Waals surface area contributed by atoms with Crippen LogP contribution in [0.4, 0.5) is 0 Å². The molecule has 42 heavy (non-hydrogen) atoms. The van der Waals surface area contributed by atoms with Crippen LogP contribution in [0.3, 0.4) is 0 Å². The predicted octanol–water partition coefficient (Wildman–Crippen LogP) is 2.81. The van der Waals surface area contributed by atoms with Gasteiger partial charge in [-0.05, 0) is 46.5 Å². The van der Waals surface area contributed by atoms with Crippen LogP contribution in [0.15, 0.2) is 0 Å². The van der Waals surface area contributed by atoms with Crippen molar-refractivity contribution >= 4 is 17.7 Å². The Hall–Kier alpha value is -1.63. The third kappa shape index (κ3) is 6.71. The lowest BCUT2D eigenvalue weighted by Crippen LogP contribution is -2.58. The normalized spacial score (nSPS) is 48.9. The summed E-state index contributed by atoms with van der Waals surface area (Å²) >= 11 is 0. The molecule has 3 aliphatic rings. The highest BCUT2D eigenvalue weighted by molar-refractivity contribution is 5.83. The van der Waals surface area contributed by atoms with Gasteiger partial charge in [0.05, 0.1) is 29.8 Å². The van der Waals surface area contributed by atoms with Gasteiger partial charge < -0.3 is 38.6 Å². The molecular weight excluding hydrogens is 548 g/mol. The zero-order valence-corrected chi connectivity index (χ0v) is 27.0. The first-order valence-electron chi connectivity index (χ1n) is 15.1. The number of ether oxygens (including phenoxy) is 6. The molecule has 242 valence electrons. The first-order valence-corrected chi connectivity index (χ1v) is 15.1. The van der Waals surface area contributed by atoms with Gasteiger partial charge in [0.1, 0.15) is 23.1 Å². The van der Waals surface area contributed by atoms with Gasteiger partial charge in [0.2, 0.25) is 0 Å². The number of aliphatic hydroxyl groups is 2. The van der Waals surface area contributed by atoms with Gasteiger partial charge >= 0.3 is 11.9 Å². The molecule has 14 atom stereocenters. The summed E-state index contributed by atoms with van der Waals surface area (Å²) in [6.07, 6.45) is -4.04. The Labute approximate surface area is 249 Å². The molecule has 3 rings (SSSR count). The van der Waals surface area contributed by atoms with Crippen LogP contribution in [0.5, 0.6) is 0 Å². The van der Waals surface area contributed by atoms with E-state index < -0.39 is 89.2 Å². The van der Waals surface area contributed by atoms with Crippen LogP contribution in [0.25, 0.3) is 0 Å². The van der Waals surface area contributed by atoms with E-state index in [9.17, 15) is 24.6 Å². The van der Waals surface area contributed by atoms with Crippen molar-refractivity contribution < 1.29 is 53.0 Å². The number of carbonyl (C=O) groups excluding carboxylic acids is 3. The lowest BCUT2D eigenvalue weighted by Gasteiger charge is -2.47. The van der Waals surface area contributed by atoms with Crippen LogP contribution < -0.4 is 0 Å². The van der Waals surface area contributed by atoms with Gasteiger partial charge in [-0.3, -0.25) is 14.4 Å². The van der Waals surface area contributed by atoms with Crippen molar-refractivity contribution in [1.82, 2.24) is 0 Å². The molecule has 1 saturated carbocycles. The average Bonchev–Trinajstić information content (AvgIpc) is 3.45. The number of aliphatic hydroxyl groups excluding tert-OH is 1. The van der Waals surface area contributed by atoms with Crippen molar-refractivity contribution in [2.45, 2.75) is 135 Å². The summed E-state index contributed by atoms with van der Waals surface area (Å²) in [6.45, 7) is 15.6. The van der Waals surface area contributed by atoms with Crippen LogP contribution in [0, 0.1) is 29.6 Å². The monoisotopic (exact) mass is 600 g/mol. The lowest BCUT2D eigenvalue weighted by atomic mass is 9.77. The van der Waals surface area contributed by atoms with Gasteiger partial charge in [-0.1, -0.05) is 27.7 Å². The summed E-state index contributed by atoms with van der Waals surface area (Å²) in [5.74, 6) is -4.16. The number of fused-ring (bicyclic) bond motifs is 1. The molecule has 0 radical (unpaired) electrons. The van der Waals surface area contributed by atoms with Gasteiger partial charge in [0.25, 0.3) is 0 Å². The summed E-state index contributed by atoms with van der Waals surface area (Å²) < 4.78 is 35.7. The Kier molecular flexibility index (Phi) is 10.6. The number of methoxy groups -OCH3 is 2. The van der Waals surface area contributed by atoms with Crippen LogP contribution >= 0.6 is 0 Å². The van der Waals surface area contributed by atoms with Gasteiger partial charge in [0, 0.05) is 45.3 Å². The number of esters is 2. The van der Waals surface area contributed by atoms with E-state index in [0.717, 1.165) is 0 Å². The molecule has 0 aromatic rings. The fraction of sp³-hybridized carbons (Fsp3) is 0.903. The van der Waals surface area contributed by atoms with Crippen molar-refractivity contribution in [3.63, 3.8) is 0 Å². The molecule has 11 heteroatoms. The van der Waals surface area contributed by atoms with Crippen molar-refractivity contribution in [1.29, 1.82) is 0 Å². The molecule has 0 aromatic carbocycles. The minimum absolute atomic E-state index is 0.194. The second-order valence-electron chi connectivity index (χ2n) is 13.5. The second-order valence-corrected chi connectivity index (χ2v) is 13.5. The molecule has 2 saturated heterocycles. The standard InChI is InChI=1S/C31H52O11/c1-15-12-29(8,37-10)13-16(2)24(41-22-14-30(9,38-11)27(20(6)39-22)40-21(7)32)18(4)28(35)42-26-19(5)31(26,36)25(34)17(3)23(15)33/h15-20,22,24-27,34,36H,12-14H2,1-11H3/t15-,16-,17+,18-,19?,20+,22+,24+,25-,26-,27+,29+,30-,31+/m1/s1. The number of Topliss-reactive ketones (excluding diaryl/α,β-unsaturated/α-hetero) is 1. The number of carbonyl (C=O) groups is 3. The SMILES string of the molecule is CO[C@@]1(C)C[C@@H](C)C(=O)[C@H](C)[C@@H](O)[C@@]2(O)C(C)[C@H]2OC(=O)[C@H](C)[C@@H](O[C@H]2C[C@@](C)(OC)[C@@H](OC(C)=O)[C@H](C)O2)[C@H](C)C1. The predicted molar refractivity (Wildman–Crippen MR) is 151 cm³/mol. The third-order valence-corrected chi connectivity index (χ3v) is 10.1. The molecule has 11 nitrogen and oxygen atoms in total. The van der Waals surface area contributed by atoms with E-state index in [2.05, 4.69) is 0 Å². The highest BCUT2D eigenvalue weighted by atomic mass is 16.7. The molecule has 3 fully saturated rings. The van der Waals surface area contributed by atoms with E-state index in [1.807, 2.05) is 20.8 Å². The maximum absolute atomic E-state index is 13.5. The van der Waals surface area contributed by atoms with Gasteiger partial charge in [-0.2, -0.15) is 0 Å². The summed E-state index contributed by atoms with van der Waals surface area (Å²) in [7, 11) is 3.12. The van der Waals surface area contributed by atoms with E-state index in [0.29, 0.717) is 12.8 Å². The maximum Gasteiger partial charge on any atom is 0.311 e. The van der Waals surface area contributed by atoms with Crippen molar-refractivity contribution in [2.24, 2.45) is 29.6 Å². The average molecular weight is 601 g/mol. The molecule has 2 aliphatic heterocycles. The topological polar surface area (TPSA) is 147 Å².